The van der Waals surface area contributed by atoms with Gasteiger partial charge >= 0.3 is 0 Å². The highest BCUT2D eigenvalue weighted by Crippen LogP contribution is 2.40. The Morgan fingerprint density at radius 2 is 1.64 bits per heavy atom. The zero-order valence-electron chi connectivity index (χ0n) is 19.3. The zero-order chi connectivity index (χ0) is 22.7. The molecule has 3 aromatic carbocycles. The maximum Gasteiger partial charge on any atom is 0.161 e. The summed E-state index contributed by atoms with van der Waals surface area (Å²) in [7, 11) is 0. The van der Waals surface area contributed by atoms with Crippen LogP contribution in [0.15, 0.2) is 83.4 Å². The third kappa shape index (κ3) is 3.35. The van der Waals surface area contributed by atoms with Crippen LogP contribution < -0.4 is 0 Å². The molecule has 0 aliphatic heterocycles. The molecule has 6 aromatic rings. The number of aromatic nitrogens is 1. The van der Waals surface area contributed by atoms with Crippen LogP contribution >= 0.6 is 11.3 Å². The van der Waals surface area contributed by atoms with Crippen molar-refractivity contribution in [1.82, 2.24) is 4.98 Å². The summed E-state index contributed by atoms with van der Waals surface area (Å²) in [5.74, 6) is 0.892. The molecule has 33 heavy (non-hydrogen) atoms. The Morgan fingerprint density at radius 3 is 2.48 bits per heavy atom. The smallest absolute Gasteiger partial charge is 0.161 e. The van der Waals surface area contributed by atoms with Gasteiger partial charge in [0.05, 0.1) is 0 Å². The van der Waals surface area contributed by atoms with Crippen LogP contribution in [-0.4, -0.2) is 4.98 Å². The number of benzene rings is 3. The van der Waals surface area contributed by atoms with E-state index < -0.39 is 0 Å². The van der Waals surface area contributed by atoms with Crippen LogP contribution in [0.5, 0.6) is 0 Å². The van der Waals surface area contributed by atoms with Crippen LogP contribution in [0.25, 0.3) is 54.4 Å². The number of aryl methyl sites for hydroxylation is 1. The number of fused-ring (bicyclic) bond motifs is 3. The van der Waals surface area contributed by atoms with E-state index >= 15 is 0 Å². The minimum atomic E-state index is 0.0184. The molecule has 2 nitrogen and oxygen atoms in total. The van der Waals surface area contributed by atoms with Crippen LogP contribution in [0.4, 0.5) is 0 Å². The van der Waals surface area contributed by atoms with E-state index in [0.717, 1.165) is 33.6 Å². The molecule has 0 aliphatic carbocycles. The van der Waals surface area contributed by atoms with Gasteiger partial charge in [-0.1, -0.05) is 57.2 Å². The largest absolute Gasteiger partial charge is 0.454 e. The molecule has 0 N–H and O–H groups in total. The van der Waals surface area contributed by atoms with Crippen molar-refractivity contribution < 1.29 is 4.42 Å². The number of nitrogens with zero attached hydrogens (tertiary/aromatic N) is 1. The van der Waals surface area contributed by atoms with Crippen LogP contribution in [-0.2, 0) is 5.41 Å². The number of furan rings is 1. The standard InChI is InChI=1S/C30H25NOS/c1-18-14-21-9-7-11-24(29(21)33-18)26-17-20-12-13-31-27(28(20)32-26)22-15-19-8-5-6-10-23(19)25(16-22)30(2,3)4/h5-17H,1-4H3. The summed E-state index contributed by atoms with van der Waals surface area (Å²) in [6.07, 6.45) is 1.89. The van der Waals surface area contributed by atoms with Gasteiger partial charge in [-0.2, -0.15) is 0 Å². The van der Waals surface area contributed by atoms with Gasteiger partial charge in [0.25, 0.3) is 0 Å². The van der Waals surface area contributed by atoms with E-state index in [1.54, 1.807) is 0 Å². The van der Waals surface area contributed by atoms with E-state index in [2.05, 4.69) is 94.4 Å². The van der Waals surface area contributed by atoms with Gasteiger partial charge in [0.2, 0.25) is 0 Å². The molecule has 0 radical (unpaired) electrons. The molecule has 0 fully saturated rings. The number of pyridine rings is 1. The molecule has 0 atom stereocenters. The lowest BCUT2D eigenvalue weighted by Crippen LogP contribution is -2.12. The Morgan fingerprint density at radius 1 is 0.818 bits per heavy atom. The van der Waals surface area contributed by atoms with Crippen LogP contribution in [0.1, 0.15) is 31.2 Å². The first-order valence-corrected chi connectivity index (χ1v) is 12.1. The molecule has 0 amide bonds. The van der Waals surface area contributed by atoms with Gasteiger partial charge in [0, 0.05) is 32.3 Å². The number of thiophene rings is 1. The van der Waals surface area contributed by atoms with Gasteiger partial charge in [0.1, 0.15) is 11.5 Å². The predicted octanol–water partition coefficient (Wildman–Crippen LogP) is 9.14. The van der Waals surface area contributed by atoms with E-state index in [4.69, 9.17) is 9.40 Å². The van der Waals surface area contributed by atoms with Crippen molar-refractivity contribution >= 4 is 43.2 Å². The molecule has 0 bridgehead atoms. The van der Waals surface area contributed by atoms with Crippen LogP contribution in [0, 0.1) is 6.92 Å². The van der Waals surface area contributed by atoms with Crippen molar-refractivity contribution in [2.24, 2.45) is 0 Å². The lowest BCUT2D eigenvalue weighted by molar-refractivity contribution is 0.596. The minimum absolute atomic E-state index is 0.0184. The van der Waals surface area contributed by atoms with E-state index in [9.17, 15) is 0 Å². The molecule has 0 aliphatic rings. The van der Waals surface area contributed by atoms with Crippen molar-refractivity contribution in [3.63, 3.8) is 0 Å². The van der Waals surface area contributed by atoms with E-state index in [1.807, 2.05) is 23.6 Å². The van der Waals surface area contributed by atoms with Crippen molar-refractivity contribution in [3.8, 4) is 22.6 Å². The summed E-state index contributed by atoms with van der Waals surface area (Å²) >= 11 is 1.81. The molecular weight excluding hydrogens is 422 g/mol. The zero-order valence-corrected chi connectivity index (χ0v) is 20.1. The second-order valence-corrected chi connectivity index (χ2v) is 11.0. The number of rotatable bonds is 2. The molecule has 3 aromatic heterocycles. The van der Waals surface area contributed by atoms with Crippen LogP contribution in [0.2, 0.25) is 0 Å². The fourth-order valence-electron chi connectivity index (χ4n) is 4.76. The lowest BCUT2D eigenvalue weighted by atomic mass is 9.82. The molecule has 0 unspecified atom stereocenters. The predicted molar refractivity (Wildman–Crippen MR) is 141 cm³/mol. The molecule has 6 rings (SSSR count). The van der Waals surface area contributed by atoms with Crippen molar-refractivity contribution in [2.45, 2.75) is 33.1 Å². The SMILES string of the molecule is Cc1cc2cccc(-c3cc4ccnc(-c5cc(C(C)(C)C)c6ccccc6c5)c4o3)c2s1. The summed E-state index contributed by atoms with van der Waals surface area (Å²) in [6, 6.07) is 26.0. The number of hydrogen-bond donors (Lipinski definition) is 0. The Balaban J connectivity index is 1.59. The molecule has 162 valence electrons. The molecule has 0 saturated heterocycles. The highest BCUT2D eigenvalue weighted by Gasteiger charge is 2.20. The Kier molecular flexibility index (Phi) is 4.46. The van der Waals surface area contributed by atoms with Crippen molar-refractivity contribution in [2.75, 3.05) is 0 Å². The first kappa shape index (κ1) is 20.2. The highest BCUT2D eigenvalue weighted by atomic mass is 32.1. The quantitative estimate of drug-likeness (QED) is 0.264. The third-order valence-electron chi connectivity index (χ3n) is 6.31. The molecule has 3 heterocycles. The van der Waals surface area contributed by atoms with Gasteiger partial charge in [0.15, 0.2) is 5.58 Å². The molecule has 0 saturated carbocycles. The number of hydrogen-bond acceptors (Lipinski definition) is 3. The minimum Gasteiger partial charge on any atom is -0.454 e. The summed E-state index contributed by atoms with van der Waals surface area (Å²) in [6.45, 7) is 8.95. The Bertz CT molecular complexity index is 1660. The van der Waals surface area contributed by atoms with Gasteiger partial charge < -0.3 is 4.42 Å². The van der Waals surface area contributed by atoms with Gasteiger partial charge in [-0.15, -0.1) is 11.3 Å². The van der Waals surface area contributed by atoms with E-state index in [-0.39, 0.29) is 5.41 Å². The lowest BCUT2D eigenvalue weighted by Gasteiger charge is -2.22. The van der Waals surface area contributed by atoms with Gasteiger partial charge in [-0.25, -0.2) is 0 Å². The van der Waals surface area contributed by atoms with E-state index in [1.165, 1.54) is 31.3 Å². The monoisotopic (exact) mass is 447 g/mol. The maximum absolute atomic E-state index is 6.54. The van der Waals surface area contributed by atoms with Gasteiger partial charge in [-0.05, 0) is 70.5 Å². The average Bonchev–Trinajstić information content (AvgIpc) is 3.39. The molecule has 0 spiro atoms. The summed E-state index contributed by atoms with van der Waals surface area (Å²) < 4.78 is 7.81. The topological polar surface area (TPSA) is 26.0 Å². The van der Waals surface area contributed by atoms with E-state index in [0.29, 0.717) is 0 Å². The van der Waals surface area contributed by atoms with Crippen molar-refractivity contribution in [3.05, 3.63) is 89.4 Å². The second-order valence-electron chi connectivity index (χ2n) is 9.76. The Hall–Kier alpha value is -3.43. The highest BCUT2D eigenvalue weighted by molar-refractivity contribution is 7.19. The average molecular weight is 448 g/mol. The molecule has 3 heteroatoms. The van der Waals surface area contributed by atoms with Gasteiger partial charge in [-0.3, -0.25) is 4.98 Å². The summed E-state index contributed by atoms with van der Waals surface area (Å²) in [5.41, 5.74) is 5.30. The normalized spacial score (nSPS) is 12.2. The third-order valence-corrected chi connectivity index (χ3v) is 7.41. The first-order valence-electron chi connectivity index (χ1n) is 11.3. The second kappa shape index (κ2) is 7.29. The first-order chi connectivity index (χ1) is 15.9. The fraction of sp³-hybridized carbons (Fsp3) is 0.167. The van der Waals surface area contributed by atoms with Crippen molar-refractivity contribution in [1.29, 1.82) is 0 Å². The summed E-state index contributed by atoms with van der Waals surface area (Å²) in [5, 5.41) is 4.86. The Labute approximate surface area is 197 Å². The summed E-state index contributed by atoms with van der Waals surface area (Å²) in [4.78, 5) is 6.10. The fourth-order valence-corrected chi connectivity index (χ4v) is 5.79. The molecular formula is C30H25NOS. The maximum atomic E-state index is 6.54. The van der Waals surface area contributed by atoms with Crippen LogP contribution in [0.3, 0.4) is 0 Å².